The summed E-state index contributed by atoms with van der Waals surface area (Å²) in [5.74, 6) is 0.469. The lowest BCUT2D eigenvalue weighted by atomic mass is 10.1. The minimum atomic E-state index is -3.87. The maximum absolute atomic E-state index is 13.1. The molecule has 0 radical (unpaired) electrons. The summed E-state index contributed by atoms with van der Waals surface area (Å²) in [5.41, 5.74) is 1.59. The fourth-order valence-electron chi connectivity index (χ4n) is 3.22. The molecule has 1 N–H and O–H groups in total. The first-order valence-electron chi connectivity index (χ1n) is 10.2. The van der Waals surface area contributed by atoms with Gasteiger partial charge in [0, 0.05) is 24.3 Å². The maximum Gasteiger partial charge on any atom is 0.261 e. The average molecular weight is 473 g/mol. The predicted octanol–water partition coefficient (Wildman–Crippen LogP) is 4.31. The lowest BCUT2D eigenvalue weighted by Gasteiger charge is -2.22. The third kappa shape index (κ3) is 5.81. The van der Waals surface area contributed by atoms with Gasteiger partial charge in [0.25, 0.3) is 15.9 Å². The monoisotopic (exact) mass is 472 g/mol. The van der Waals surface area contributed by atoms with Gasteiger partial charge in [-0.1, -0.05) is 6.07 Å². The minimum Gasteiger partial charge on any atom is -0.493 e. The van der Waals surface area contributed by atoms with Crippen molar-refractivity contribution in [1.29, 1.82) is 0 Å². The Balaban J connectivity index is 1.72. The topological polar surface area (TPSA) is 84.9 Å². The molecule has 3 rings (SSSR count). The Bertz CT molecular complexity index is 1210. The first kappa shape index (κ1) is 24.1. The van der Waals surface area contributed by atoms with E-state index in [1.54, 1.807) is 37.3 Å². The van der Waals surface area contributed by atoms with Gasteiger partial charge in [-0.3, -0.25) is 9.52 Å². The number of nitrogens with zero attached hydrogens (tertiary/aromatic N) is 1. The Kier molecular flexibility index (Phi) is 7.55. The van der Waals surface area contributed by atoms with Crippen LogP contribution in [0.25, 0.3) is 0 Å². The molecule has 0 aromatic heterocycles. The van der Waals surface area contributed by atoms with Crippen LogP contribution in [0.15, 0.2) is 71.6 Å². The summed E-state index contributed by atoms with van der Waals surface area (Å²) >= 11 is 0. The standard InChI is InChI=1S/C24H25FN2O5S/c1-4-27(16-17-5-14-22(31-2)23(15-17)32-3)24(28)18-6-10-20(11-7-18)26-33(29,30)21-12-8-19(25)9-13-21/h5-15,26H,4,16H2,1-3H3. The van der Waals surface area contributed by atoms with E-state index in [0.29, 0.717) is 35.8 Å². The Morgan fingerprint density at radius 3 is 2.15 bits per heavy atom. The van der Waals surface area contributed by atoms with Crippen molar-refractivity contribution in [2.75, 3.05) is 25.5 Å². The Morgan fingerprint density at radius 1 is 0.939 bits per heavy atom. The molecule has 3 aromatic carbocycles. The molecule has 0 aliphatic carbocycles. The van der Waals surface area contributed by atoms with Crippen LogP contribution in [0.5, 0.6) is 11.5 Å². The highest BCUT2D eigenvalue weighted by molar-refractivity contribution is 7.92. The van der Waals surface area contributed by atoms with Gasteiger partial charge in [-0.05, 0) is 73.2 Å². The number of hydrogen-bond donors (Lipinski definition) is 1. The highest BCUT2D eigenvalue weighted by Crippen LogP contribution is 2.28. The number of rotatable bonds is 9. The molecular weight excluding hydrogens is 447 g/mol. The van der Waals surface area contributed by atoms with Crippen LogP contribution in [-0.2, 0) is 16.6 Å². The molecule has 0 atom stereocenters. The van der Waals surface area contributed by atoms with Gasteiger partial charge in [-0.2, -0.15) is 0 Å². The Morgan fingerprint density at radius 2 is 1.58 bits per heavy atom. The second-order valence-corrected chi connectivity index (χ2v) is 8.83. The molecule has 0 aliphatic rings. The zero-order valence-corrected chi connectivity index (χ0v) is 19.4. The average Bonchev–Trinajstić information content (AvgIpc) is 2.82. The third-order valence-electron chi connectivity index (χ3n) is 5.00. The number of ether oxygens (including phenoxy) is 2. The molecule has 0 spiro atoms. The molecule has 7 nitrogen and oxygen atoms in total. The predicted molar refractivity (Wildman–Crippen MR) is 124 cm³/mol. The molecule has 9 heteroatoms. The zero-order valence-electron chi connectivity index (χ0n) is 18.5. The highest BCUT2D eigenvalue weighted by atomic mass is 32.2. The van der Waals surface area contributed by atoms with E-state index in [-0.39, 0.29) is 10.8 Å². The van der Waals surface area contributed by atoms with Gasteiger partial charge < -0.3 is 14.4 Å². The summed E-state index contributed by atoms with van der Waals surface area (Å²) in [4.78, 5) is 14.6. The van der Waals surface area contributed by atoms with Gasteiger partial charge in [0.1, 0.15) is 5.82 Å². The van der Waals surface area contributed by atoms with E-state index < -0.39 is 15.8 Å². The molecule has 0 saturated heterocycles. The van der Waals surface area contributed by atoms with Crippen molar-refractivity contribution in [2.45, 2.75) is 18.4 Å². The third-order valence-corrected chi connectivity index (χ3v) is 6.40. The molecular formula is C24H25FN2O5S. The van der Waals surface area contributed by atoms with E-state index in [0.717, 1.165) is 17.7 Å². The molecule has 174 valence electrons. The summed E-state index contributed by atoms with van der Waals surface area (Å²) in [6.07, 6.45) is 0. The van der Waals surface area contributed by atoms with E-state index >= 15 is 0 Å². The highest BCUT2D eigenvalue weighted by Gasteiger charge is 2.18. The molecule has 0 fully saturated rings. The number of methoxy groups -OCH3 is 2. The number of nitrogens with one attached hydrogen (secondary N) is 1. The fraction of sp³-hybridized carbons (Fsp3) is 0.208. The van der Waals surface area contributed by atoms with Gasteiger partial charge in [0.05, 0.1) is 19.1 Å². The van der Waals surface area contributed by atoms with Crippen molar-refractivity contribution in [1.82, 2.24) is 4.90 Å². The summed E-state index contributed by atoms with van der Waals surface area (Å²) in [6, 6.07) is 16.1. The molecule has 1 amide bonds. The largest absolute Gasteiger partial charge is 0.493 e. The van der Waals surface area contributed by atoms with E-state index in [9.17, 15) is 17.6 Å². The number of hydrogen-bond acceptors (Lipinski definition) is 5. The molecule has 0 heterocycles. The van der Waals surface area contributed by atoms with Gasteiger partial charge in [-0.15, -0.1) is 0 Å². The number of carbonyl (C=O) groups is 1. The summed E-state index contributed by atoms with van der Waals surface area (Å²) in [6.45, 7) is 2.73. The lowest BCUT2D eigenvalue weighted by molar-refractivity contribution is 0.0752. The van der Waals surface area contributed by atoms with Crippen molar-refractivity contribution >= 4 is 21.6 Å². The van der Waals surface area contributed by atoms with Crippen molar-refractivity contribution < 1.29 is 27.1 Å². The van der Waals surface area contributed by atoms with E-state index in [1.807, 2.05) is 19.1 Å². The molecule has 0 bridgehead atoms. The normalized spacial score (nSPS) is 11.0. The van der Waals surface area contributed by atoms with E-state index in [2.05, 4.69) is 4.72 Å². The molecule has 3 aromatic rings. The Labute approximate surface area is 192 Å². The number of benzene rings is 3. The fourth-order valence-corrected chi connectivity index (χ4v) is 4.28. The Hall–Kier alpha value is -3.59. The van der Waals surface area contributed by atoms with Crippen LogP contribution < -0.4 is 14.2 Å². The smallest absolute Gasteiger partial charge is 0.261 e. The number of halogens is 1. The lowest BCUT2D eigenvalue weighted by Crippen LogP contribution is -2.30. The van der Waals surface area contributed by atoms with Gasteiger partial charge in [0.15, 0.2) is 11.5 Å². The number of sulfonamides is 1. The molecule has 0 saturated carbocycles. The second-order valence-electron chi connectivity index (χ2n) is 7.15. The zero-order chi connectivity index (χ0) is 24.0. The SMILES string of the molecule is CCN(Cc1ccc(OC)c(OC)c1)C(=O)c1ccc(NS(=O)(=O)c2ccc(F)cc2)cc1. The van der Waals surface area contributed by atoms with E-state index in [1.165, 1.54) is 24.3 Å². The first-order valence-corrected chi connectivity index (χ1v) is 11.6. The number of amides is 1. The quantitative estimate of drug-likeness (QED) is 0.502. The second kappa shape index (κ2) is 10.4. The number of anilines is 1. The molecule has 0 unspecified atom stereocenters. The van der Waals surface area contributed by atoms with Crippen molar-refractivity contribution in [2.24, 2.45) is 0 Å². The summed E-state index contributed by atoms with van der Waals surface area (Å²) in [7, 11) is -0.761. The summed E-state index contributed by atoms with van der Waals surface area (Å²) in [5, 5.41) is 0. The van der Waals surface area contributed by atoms with Crippen LogP contribution >= 0.6 is 0 Å². The minimum absolute atomic E-state index is 0.0591. The van der Waals surface area contributed by atoms with Crippen LogP contribution in [0, 0.1) is 5.82 Å². The molecule has 33 heavy (non-hydrogen) atoms. The summed E-state index contributed by atoms with van der Waals surface area (Å²) < 4.78 is 51.0. The van der Waals surface area contributed by atoms with Crippen LogP contribution in [0.1, 0.15) is 22.8 Å². The van der Waals surface area contributed by atoms with Crippen molar-refractivity contribution in [3.05, 3.63) is 83.7 Å². The van der Waals surface area contributed by atoms with Gasteiger partial charge in [0.2, 0.25) is 0 Å². The first-order chi connectivity index (χ1) is 15.8. The van der Waals surface area contributed by atoms with Gasteiger partial charge >= 0.3 is 0 Å². The molecule has 0 aliphatic heterocycles. The van der Waals surface area contributed by atoms with Crippen LogP contribution in [0.3, 0.4) is 0 Å². The van der Waals surface area contributed by atoms with Gasteiger partial charge in [-0.25, -0.2) is 12.8 Å². The van der Waals surface area contributed by atoms with E-state index in [4.69, 9.17) is 9.47 Å². The van der Waals surface area contributed by atoms with Crippen molar-refractivity contribution in [3.8, 4) is 11.5 Å². The van der Waals surface area contributed by atoms with Crippen LogP contribution in [0.4, 0.5) is 10.1 Å². The van der Waals surface area contributed by atoms with Crippen LogP contribution in [0.2, 0.25) is 0 Å². The van der Waals surface area contributed by atoms with Crippen molar-refractivity contribution in [3.63, 3.8) is 0 Å². The van der Waals surface area contributed by atoms with Crippen LogP contribution in [-0.4, -0.2) is 40.0 Å². The number of carbonyl (C=O) groups excluding carboxylic acids is 1. The maximum atomic E-state index is 13.1.